The topological polar surface area (TPSA) is 41.6 Å². The summed E-state index contributed by atoms with van der Waals surface area (Å²) >= 11 is 0. The van der Waals surface area contributed by atoms with Crippen LogP contribution in [-0.4, -0.2) is 38.2 Å². The van der Waals surface area contributed by atoms with Crippen LogP contribution in [0.15, 0.2) is 0 Å². The zero-order valence-corrected chi connectivity index (χ0v) is 6.68. The molecule has 0 spiro atoms. The summed E-state index contributed by atoms with van der Waals surface area (Å²) < 4.78 is 0. The lowest BCUT2D eigenvalue weighted by atomic mass is 10.6. The molecule has 60 valence electrons. The Labute approximate surface area is 61.1 Å². The molecular weight excluding hydrogens is 132 g/mol. The van der Waals surface area contributed by atoms with Gasteiger partial charge in [-0.2, -0.15) is 5.06 Å². The molecular formula is C6H14N2O2. The van der Waals surface area contributed by atoms with Crippen LogP contribution >= 0.6 is 0 Å². The van der Waals surface area contributed by atoms with Gasteiger partial charge in [0.2, 0.25) is 5.91 Å². The first-order chi connectivity index (χ1) is 4.63. The van der Waals surface area contributed by atoms with Gasteiger partial charge < -0.3 is 5.32 Å². The van der Waals surface area contributed by atoms with E-state index in [-0.39, 0.29) is 5.91 Å². The van der Waals surface area contributed by atoms with Crippen LogP contribution in [0.4, 0.5) is 0 Å². The van der Waals surface area contributed by atoms with Gasteiger partial charge in [0.1, 0.15) is 0 Å². The average Bonchev–Trinajstić information content (AvgIpc) is 1.79. The second kappa shape index (κ2) is 5.20. The van der Waals surface area contributed by atoms with Gasteiger partial charge in [-0.15, -0.1) is 0 Å². The van der Waals surface area contributed by atoms with Crippen LogP contribution in [0, 0.1) is 0 Å². The van der Waals surface area contributed by atoms with Crippen molar-refractivity contribution in [3.8, 4) is 0 Å². The third-order valence-corrected chi connectivity index (χ3v) is 0.825. The minimum absolute atomic E-state index is 0.0256. The van der Waals surface area contributed by atoms with Gasteiger partial charge in [-0.25, -0.2) is 0 Å². The van der Waals surface area contributed by atoms with Crippen LogP contribution in [0.5, 0.6) is 0 Å². The fourth-order valence-corrected chi connectivity index (χ4v) is 0.455. The second-order valence-corrected chi connectivity index (χ2v) is 2.13. The summed E-state index contributed by atoms with van der Waals surface area (Å²) in [5.41, 5.74) is 0. The number of rotatable bonds is 4. The zero-order valence-electron chi connectivity index (χ0n) is 6.68. The molecule has 0 aromatic rings. The van der Waals surface area contributed by atoms with Crippen molar-refractivity contribution in [3.05, 3.63) is 0 Å². The molecule has 0 aliphatic carbocycles. The molecule has 0 aromatic heterocycles. The smallest absolute Gasteiger partial charge is 0.216 e. The van der Waals surface area contributed by atoms with Crippen molar-refractivity contribution in [3.63, 3.8) is 0 Å². The van der Waals surface area contributed by atoms with Crippen LogP contribution in [0.2, 0.25) is 0 Å². The van der Waals surface area contributed by atoms with Crippen molar-refractivity contribution in [1.82, 2.24) is 10.4 Å². The molecule has 0 aliphatic heterocycles. The van der Waals surface area contributed by atoms with Gasteiger partial charge in [0.25, 0.3) is 0 Å². The number of nitrogens with one attached hydrogen (secondary N) is 1. The summed E-state index contributed by atoms with van der Waals surface area (Å²) in [6, 6.07) is 0. The average molecular weight is 146 g/mol. The second-order valence-electron chi connectivity index (χ2n) is 2.13. The highest BCUT2D eigenvalue weighted by molar-refractivity contribution is 5.72. The zero-order chi connectivity index (χ0) is 7.98. The van der Waals surface area contributed by atoms with E-state index >= 15 is 0 Å². The summed E-state index contributed by atoms with van der Waals surface area (Å²) in [5.74, 6) is -0.0256. The predicted octanol–water partition coefficient (Wildman–Crippen LogP) is -0.384. The molecule has 4 heteroatoms. The molecule has 0 rings (SSSR count). The quantitative estimate of drug-likeness (QED) is 0.434. The maximum Gasteiger partial charge on any atom is 0.216 e. The Kier molecular flexibility index (Phi) is 4.88. The highest BCUT2D eigenvalue weighted by atomic mass is 16.7. The van der Waals surface area contributed by atoms with Gasteiger partial charge >= 0.3 is 0 Å². The highest BCUT2D eigenvalue weighted by Crippen LogP contribution is 1.75. The highest BCUT2D eigenvalue weighted by Gasteiger charge is 1.90. The molecule has 0 fully saturated rings. The molecule has 1 N–H and O–H groups in total. The standard InChI is InChI=1S/C6H14N2O2/c1-6(9)7-4-5-10-8(2)3/h4-5H2,1-3H3,(H,7,9). The summed E-state index contributed by atoms with van der Waals surface area (Å²) in [6.45, 7) is 2.57. The van der Waals surface area contributed by atoms with E-state index in [9.17, 15) is 4.79 Å². The fraction of sp³-hybridized carbons (Fsp3) is 0.833. The Morgan fingerprint density at radius 2 is 2.20 bits per heavy atom. The van der Waals surface area contributed by atoms with Gasteiger partial charge in [0, 0.05) is 27.6 Å². The first-order valence-electron chi connectivity index (χ1n) is 3.17. The Morgan fingerprint density at radius 3 is 2.60 bits per heavy atom. The third-order valence-electron chi connectivity index (χ3n) is 0.825. The number of amides is 1. The van der Waals surface area contributed by atoms with Crippen molar-refractivity contribution in [2.45, 2.75) is 6.92 Å². The Hall–Kier alpha value is -0.610. The fourth-order valence-electron chi connectivity index (χ4n) is 0.455. The lowest BCUT2D eigenvalue weighted by Crippen LogP contribution is -2.27. The summed E-state index contributed by atoms with van der Waals surface area (Å²) in [4.78, 5) is 15.3. The number of nitrogens with zero attached hydrogens (tertiary/aromatic N) is 1. The van der Waals surface area contributed by atoms with E-state index in [1.807, 2.05) is 0 Å². The summed E-state index contributed by atoms with van der Waals surface area (Å²) in [6.07, 6.45) is 0. The first-order valence-corrected chi connectivity index (χ1v) is 3.17. The maximum absolute atomic E-state index is 10.3. The molecule has 0 aromatic carbocycles. The molecule has 0 saturated carbocycles. The molecule has 10 heavy (non-hydrogen) atoms. The van der Waals surface area contributed by atoms with Crippen LogP contribution in [-0.2, 0) is 9.63 Å². The summed E-state index contributed by atoms with van der Waals surface area (Å²) in [5, 5.41) is 4.21. The Balaban J connectivity index is 2.98. The van der Waals surface area contributed by atoms with E-state index in [0.717, 1.165) is 0 Å². The molecule has 0 radical (unpaired) electrons. The van der Waals surface area contributed by atoms with Gasteiger partial charge in [0.15, 0.2) is 0 Å². The van der Waals surface area contributed by atoms with E-state index in [4.69, 9.17) is 4.84 Å². The van der Waals surface area contributed by atoms with Crippen LogP contribution in [0.3, 0.4) is 0 Å². The number of hydrogen-bond donors (Lipinski definition) is 1. The molecule has 0 bridgehead atoms. The molecule has 0 atom stereocenters. The maximum atomic E-state index is 10.3. The third kappa shape index (κ3) is 7.39. The molecule has 0 aliphatic rings. The molecule has 1 amide bonds. The largest absolute Gasteiger partial charge is 0.354 e. The lowest BCUT2D eigenvalue weighted by molar-refractivity contribution is -0.126. The van der Waals surface area contributed by atoms with Crippen molar-refractivity contribution in [1.29, 1.82) is 0 Å². The minimum atomic E-state index is -0.0256. The van der Waals surface area contributed by atoms with Crippen LogP contribution in [0.1, 0.15) is 6.92 Å². The summed E-state index contributed by atoms with van der Waals surface area (Å²) in [7, 11) is 3.60. The number of hydrogen-bond acceptors (Lipinski definition) is 3. The van der Waals surface area contributed by atoms with Crippen LogP contribution < -0.4 is 5.32 Å². The monoisotopic (exact) mass is 146 g/mol. The normalized spacial score (nSPS) is 10.0. The van der Waals surface area contributed by atoms with E-state index in [1.54, 1.807) is 19.2 Å². The molecule has 0 heterocycles. The van der Waals surface area contributed by atoms with Crippen molar-refractivity contribution >= 4 is 5.91 Å². The molecule has 0 saturated heterocycles. The molecule has 4 nitrogen and oxygen atoms in total. The van der Waals surface area contributed by atoms with Crippen molar-refractivity contribution < 1.29 is 9.63 Å². The van der Waals surface area contributed by atoms with Crippen LogP contribution in [0.25, 0.3) is 0 Å². The van der Waals surface area contributed by atoms with E-state index < -0.39 is 0 Å². The SMILES string of the molecule is CC(=O)NCCON(C)C. The molecule has 0 unspecified atom stereocenters. The first kappa shape index (κ1) is 9.39. The van der Waals surface area contributed by atoms with E-state index in [0.29, 0.717) is 13.2 Å². The predicted molar refractivity (Wildman–Crippen MR) is 38.3 cm³/mol. The van der Waals surface area contributed by atoms with Gasteiger partial charge in [-0.3, -0.25) is 9.63 Å². The number of carbonyl (C=O) groups is 1. The minimum Gasteiger partial charge on any atom is -0.354 e. The van der Waals surface area contributed by atoms with E-state index in [2.05, 4.69) is 5.32 Å². The van der Waals surface area contributed by atoms with Crippen molar-refractivity contribution in [2.24, 2.45) is 0 Å². The van der Waals surface area contributed by atoms with Gasteiger partial charge in [0.05, 0.1) is 6.61 Å². The Bertz CT molecular complexity index is 104. The van der Waals surface area contributed by atoms with E-state index in [1.165, 1.54) is 6.92 Å². The van der Waals surface area contributed by atoms with Gasteiger partial charge in [-0.05, 0) is 0 Å². The van der Waals surface area contributed by atoms with Crippen molar-refractivity contribution in [2.75, 3.05) is 27.2 Å². The number of carbonyl (C=O) groups excluding carboxylic acids is 1. The lowest BCUT2D eigenvalue weighted by Gasteiger charge is -2.09. The number of hydroxylamine groups is 2. The van der Waals surface area contributed by atoms with Gasteiger partial charge in [-0.1, -0.05) is 0 Å². The Morgan fingerprint density at radius 1 is 1.60 bits per heavy atom.